The van der Waals surface area contributed by atoms with Crippen molar-refractivity contribution in [2.75, 3.05) is 32.6 Å². The summed E-state index contributed by atoms with van der Waals surface area (Å²) in [5.74, 6) is 1.99. The van der Waals surface area contributed by atoms with Crippen LogP contribution in [0.4, 0.5) is 0 Å². The third kappa shape index (κ3) is 4.22. The second-order valence-electron chi connectivity index (χ2n) is 6.43. The predicted octanol–water partition coefficient (Wildman–Crippen LogP) is 1.06. The molecule has 0 amide bonds. The number of aliphatic imine (C=N–C) groups is 1. The van der Waals surface area contributed by atoms with Crippen LogP contribution in [0, 0.1) is 0 Å². The van der Waals surface area contributed by atoms with Gasteiger partial charge in [-0.15, -0.1) is 0 Å². The Morgan fingerprint density at radius 1 is 1.50 bits per heavy atom. The van der Waals surface area contributed by atoms with E-state index in [0.717, 1.165) is 70.3 Å². The Bertz CT molecular complexity index is 555. The number of nitrogens with one attached hydrogen (secondary N) is 2. The number of guanidine groups is 1. The highest BCUT2D eigenvalue weighted by atomic mass is 32.2. The first-order valence-electron chi connectivity index (χ1n) is 8.79. The topological polar surface area (TPSA) is 76.4 Å². The van der Waals surface area contributed by atoms with E-state index in [9.17, 15) is 0 Å². The summed E-state index contributed by atoms with van der Waals surface area (Å²) in [5.41, 5.74) is 0. The minimum absolute atomic E-state index is 0.215. The van der Waals surface area contributed by atoms with Gasteiger partial charge >= 0.3 is 0 Å². The van der Waals surface area contributed by atoms with Crippen LogP contribution in [0.25, 0.3) is 0 Å². The molecule has 0 radical (unpaired) electrons. The SMILES string of the molecule is CCNC(=NCC1(SC)CCOCC1)NC1CCc2ncnn2C1. The van der Waals surface area contributed by atoms with E-state index >= 15 is 0 Å². The number of aryl methyl sites for hydroxylation is 1. The number of hydrogen-bond acceptors (Lipinski definition) is 5. The largest absolute Gasteiger partial charge is 0.381 e. The fourth-order valence-electron chi connectivity index (χ4n) is 3.26. The zero-order valence-electron chi connectivity index (χ0n) is 14.6. The predicted molar refractivity (Wildman–Crippen MR) is 97.5 cm³/mol. The van der Waals surface area contributed by atoms with E-state index in [-0.39, 0.29) is 4.75 Å². The lowest BCUT2D eigenvalue weighted by Crippen LogP contribution is -2.48. The minimum Gasteiger partial charge on any atom is -0.381 e. The van der Waals surface area contributed by atoms with E-state index in [2.05, 4.69) is 33.9 Å². The summed E-state index contributed by atoms with van der Waals surface area (Å²) in [6.45, 7) is 6.33. The van der Waals surface area contributed by atoms with Gasteiger partial charge in [0, 0.05) is 37.0 Å². The van der Waals surface area contributed by atoms with E-state index in [0.29, 0.717) is 6.04 Å². The van der Waals surface area contributed by atoms with E-state index in [1.165, 1.54) is 0 Å². The number of aromatic nitrogens is 3. The zero-order valence-corrected chi connectivity index (χ0v) is 15.4. The van der Waals surface area contributed by atoms with Crippen LogP contribution in [0.15, 0.2) is 11.3 Å². The van der Waals surface area contributed by atoms with Crippen LogP contribution < -0.4 is 10.6 Å². The number of thioether (sulfide) groups is 1. The lowest BCUT2D eigenvalue weighted by atomic mass is 9.99. The van der Waals surface area contributed by atoms with Crippen molar-refractivity contribution in [1.29, 1.82) is 0 Å². The molecule has 2 aliphatic heterocycles. The number of rotatable bonds is 5. The number of hydrogen-bond donors (Lipinski definition) is 2. The van der Waals surface area contributed by atoms with Gasteiger partial charge in [-0.3, -0.25) is 4.99 Å². The quantitative estimate of drug-likeness (QED) is 0.610. The Morgan fingerprint density at radius 3 is 3.08 bits per heavy atom. The van der Waals surface area contributed by atoms with E-state index in [1.54, 1.807) is 6.33 Å². The summed E-state index contributed by atoms with van der Waals surface area (Å²) in [6, 6.07) is 0.344. The summed E-state index contributed by atoms with van der Waals surface area (Å²) in [4.78, 5) is 9.18. The molecule has 1 saturated heterocycles. The number of ether oxygens (including phenoxy) is 1. The van der Waals surface area contributed by atoms with E-state index in [4.69, 9.17) is 9.73 Å². The van der Waals surface area contributed by atoms with Crippen LogP contribution in [-0.4, -0.2) is 64.1 Å². The molecule has 24 heavy (non-hydrogen) atoms. The third-order valence-corrected chi connectivity index (χ3v) is 6.26. The summed E-state index contributed by atoms with van der Waals surface area (Å²) in [6.07, 6.45) is 8.00. The van der Waals surface area contributed by atoms with Crippen LogP contribution in [0.1, 0.15) is 32.0 Å². The van der Waals surface area contributed by atoms with Gasteiger partial charge in [-0.2, -0.15) is 16.9 Å². The summed E-state index contributed by atoms with van der Waals surface area (Å²) in [5, 5.41) is 11.3. The molecule has 2 aliphatic rings. The fraction of sp³-hybridized carbons (Fsp3) is 0.812. The Labute approximate surface area is 148 Å². The van der Waals surface area contributed by atoms with Gasteiger partial charge in [0.05, 0.1) is 13.1 Å². The van der Waals surface area contributed by atoms with Crippen molar-refractivity contribution >= 4 is 17.7 Å². The lowest BCUT2D eigenvalue weighted by Gasteiger charge is -2.34. The normalized spacial score (nSPS) is 23.6. The molecule has 1 atom stereocenters. The molecule has 0 bridgehead atoms. The highest BCUT2D eigenvalue weighted by Gasteiger charge is 2.31. The van der Waals surface area contributed by atoms with Crippen molar-refractivity contribution in [3.05, 3.63) is 12.2 Å². The Hall–Kier alpha value is -1.28. The average Bonchev–Trinajstić information content (AvgIpc) is 3.08. The highest BCUT2D eigenvalue weighted by molar-refractivity contribution is 8.00. The molecule has 0 saturated carbocycles. The Kier molecular flexibility index (Phi) is 5.99. The molecule has 3 rings (SSSR count). The van der Waals surface area contributed by atoms with Crippen molar-refractivity contribution in [2.45, 2.75) is 49.9 Å². The smallest absolute Gasteiger partial charge is 0.191 e. The molecule has 1 aromatic rings. The maximum atomic E-state index is 5.52. The van der Waals surface area contributed by atoms with Gasteiger partial charge in [-0.05, 0) is 32.4 Å². The Balaban J connectivity index is 1.61. The molecule has 0 aromatic carbocycles. The minimum atomic E-state index is 0.215. The molecule has 134 valence electrons. The van der Waals surface area contributed by atoms with Crippen LogP contribution in [0.3, 0.4) is 0 Å². The molecule has 8 heteroatoms. The second kappa shape index (κ2) is 8.20. The van der Waals surface area contributed by atoms with Gasteiger partial charge in [-0.25, -0.2) is 9.67 Å². The van der Waals surface area contributed by atoms with Crippen molar-refractivity contribution in [3.63, 3.8) is 0 Å². The molecule has 1 unspecified atom stereocenters. The van der Waals surface area contributed by atoms with Gasteiger partial charge in [0.15, 0.2) is 5.96 Å². The molecule has 3 heterocycles. The summed E-state index contributed by atoms with van der Waals surface area (Å²) in [7, 11) is 0. The fourth-order valence-corrected chi connectivity index (χ4v) is 4.03. The van der Waals surface area contributed by atoms with Gasteiger partial charge in [0.1, 0.15) is 12.2 Å². The second-order valence-corrected chi connectivity index (χ2v) is 7.71. The highest BCUT2D eigenvalue weighted by Crippen LogP contribution is 2.33. The van der Waals surface area contributed by atoms with Gasteiger partial charge in [0.25, 0.3) is 0 Å². The van der Waals surface area contributed by atoms with Crippen LogP contribution in [0.2, 0.25) is 0 Å². The maximum Gasteiger partial charge on any atom is 0.191 e. The molecule has 0 spiro atoms. The van der Waals surface area contributed by atoms with E-state index in [1.807, 2.05) is 16.4 Å². The standard InChI is InChI=1S/C16H28N6OS/c1-3-17-15(18-11-16(24-2)6-8-23-9-7-16)21-13-4-5-14-19-12-20-22(14)10-13/h12-13H,3-11H2,1-2H3,(H2,17,18,21). The van der Waals surface area contributed by atoms with Gasteiger partial charge in [-0.1, -0.05) is 0 Å². The van der Waals surface area contributed by atoms with Crippen molar-refractivity contribution in [2.24, 2.45) is 4.99 Å². The van der Waals surface area contributed by atoms with Crippen molar-refractivity contribution in [1.82, 2.24) is 25.4 Å². The van der Waals surface area contributed by atoms with Gasteiger partial charge < -0.3 is 15.4 Å². The number of nitrogens with zero attached hydrogens (tertiary/aromatic N) is 4. The average molecular weight is 353 g/mol. The van der Waals surface area contributed by atoms with Crippen LogP contribution in [0.5, 0.6) is 0 Å². The van der Waals surface area contributed by atoms with E-state index < -0.39 is 0 Å². The molecule has 1 aromatic heterocycles. The first-order chi connectivity index (χ1) is 11.7. The van der Waals surface area contributed by atoms with Gasteiger partial charge in [0.2, 0.25) is 0 Å². The monoisotopic (exact) mass is 352 g/mol. The van der Waals surface area contributed by atoms with Crippen LogP contribution >= 0.6 is 11.8 Å². The maximum absolute atomic E-state index is 5.52. The Morgan fingerprint density at radius 2 is 2.33 bits per heavy atom. The first kappa shape index (κ1) is 17.5. The molecular formula is C16H28N6OS. The molecule has 2 N–H and O–H groups in total. The molecule has 7 nitrogen and oxygen atoms in total. The lowest BCUT2D eigenvalue weighted by molar-refractivity contribution is 0.0794. The molecule has 0 aliphatic carbocycles. The summed E-state index contributed by atoms with van der Waals surface area (Å²) < 4.78 is 7.73. The molecule has 1 fully saturated rings. The third-order valence-electron chi connectivity index (χ3n) is 4.85. The molecular weight excluding hydrogens is 324 g/mol. The van der Waals surface area contributed by atoms with Crippen molar-refractivity contribution < 1.29 is 4.74 Å². The zero-order chi connectivity index (χ0) is 16.8. The first-order valence-corrected chi connectivity index (χ1v) is 10.0. The summed E-state index contributed by atoms with van der Waals surface area (Å²) >= 11 is 1.93. The van der Waals surface area contributed by atoms with Crippen molar-refractivity contribution in [3.8, 4) is 0 Å². The van der Waals surface area contributed by atoms with Crippen LogP contribution in [-0.2, 0) is 17.7 Å². The number of fused-ring (bicyclic) bond motifs is 1.